The van der Waals surface area contributed by atoms with Crippen molar-refractivity contribution >= 4 is 5.91 Å². The molecule has 2 aliphatic heterocycles. The first-order valence-electron chi connectivity index (χ1n) is 5.45. The summed E-state index contributed by atoms with van der Waals surface area (Å²) in [4.78, 5) is 13.8. The van der Waals surface area contributed by atoms with Crippen LogP contribution < -0.4 is 5.32 Å². The molecule has 2 saturated heterocycles. The Kier molecular flexibility index (Phi) is 3.56. The average molecular weight is 214 g/mol. The van der Waals surface area contributed by atoms with Crippen molar-refractivity contribution in [1.29, 1.82) is 0 Å². The smallest absolute Gasteiger partial charge is 0.253 e. The maximum atomic E-state index is 12.0. The average Bonchev–Trinajstić information content (AvgIpc) is 2.78. The zero-order chi connectivity index (χ0) is 10.7. The van der Waals surface area contributed by atoms with E-state index in [-0.39, 0.29) is 18.1 Å². The number of methoxy groups -OCH3 is 1. The molecule has 86 valence electrons. The highest BCUT2D eigenvalue weighted by atomic mass is 16.5. The van der Waals surface area contributed by atoms with Crippen LogP contribution in [0.2, 0.25) is 0 Å². The van der Waals surface area contributed by atoms with Crippen molar-refractivity contribution in [2.45, 2.75) is 18.6 Å². The quantitative estimate of drug-likeness (QED) is 0.655. The molecular formula is C10H18N2O3. The zero-order valence-corrected chi connectivity index (χ0v) is 9.07. The van der Waals surface area contributed by atoms with Crippen molar-refractivity contribution in [3.63, 3.8) is 0 Å². The molecule has 2 rings (SSSR count). The van der Waals surface area contributed by atoms with Crippen molar-refractivity contribution in [2.75, 3.05) is 39.9 Å². The second-order valence-corrected chi connectivity index (χ2v) is 3.99. The summed E-state index contributed by atoms with van der Waals surface area (Å²) in [5, 5.41) is 3.16. The van der Waals surface area contributed by atoms with Gasteiger partial charge >= 0.3 is 0 Å². The van der Waals surface area contributed by atoms with Crippen LogP contribution in [-0.4, -0.2) is 62.9 Å². The molecule has 0 aromatic rings. The Morgan fingerprint density at radius 1 is 1.60 bits per heavy atom. The highest BCUT2D eigenvalue weighted by Crippen LogP contribution is 2.14. The molecule has 0 spiro atoms. The predicted octanol–water partition coefficient (Wildman–Crippen LogP) is -0.778. The Hall–Kier alpha value is -0.650. The van der Waals surface area contributed by atoms with Gasteiger partial charge in [0.1, 0.15) is 6.10 Å². The molecule has 0 aliphatic carbocycles. The van der Waals surface area contributed by atoms with Crippen LogP contribution in [0.15, 0.2) is 0 Å². The van der Waals surface area contributed by atoms with Crippen LogP contribution in [0.5, 0.6) is 0 Å². The SMILES string of the molecule is CO[C@H]1CCN(C(=O)C2CNCCO2)C1. The molecule has 0 bridgehead atoms. The van der Waals surface area contributed by atoms with Crippen molar-refractivity contribution in [2.24, 2.45) is 0 Å². The lowest BCUT2D eigenvalue weighted by Gasteiger charge is -2.27. The highest BCUT2D eigenvalue weighted by molar-refractivity contribution is 5.81. The molecule has 5 nitrogen and oxygen atoms in total. The minimum Gasteiger partial charge on any atom is -0.380 e. The van der Waals surface area contributed by atoms with Gasteiger partial charge in [-0.25, -0.2) is 0 Å². The zero-order valence-electron chi connectivity index (χ0n) is 9.07. The fourth-order valence-corrected chi connectivity index (χ4v) is 2.05. The van der Waals surface area contributed by atoms with E-state index in [1.54, 1.807) is 7.11 Å². The van der Waals surface area contributed by atoms with Gasteiger partial charge < -0.3 is 19.7 Å². The fraction of sp³-hybridized carbons (Fsp3) is 0.900. The number of hydrogen-bond acceptors (Lipinski definition) is 4. The lowest BCUT2D eigenvalue weighted by atomic mass is 10.2. The first-order chi connectivity index (χ1) is 7.31. The molecule has 1 unspecified atom stereocenters. The molecule has 2 aliphatic rings. The second-order valence-electron chi connectivity index (χ2n) is 3.99. The van der Waals surface area contributed by atoms with Crippen LogP contribution in [0.25, 0.3) is 0 Å². The van der Waals surface area contributed by atoms with Crippen LogP contribution in [0, 0.1) is 0 Å². The van der Waals surface area contributed by atoms with Gasteiger partial charge in [-0.3, -0.25) is 4.79 Å². The fourth-order valence-electron chi connectivity index (χ4n) is 2.05. The van der Waals surface area contributed by atoms with Gasteiger partial charge in [-0.2, -0.15) is 0 Å². The monoisotopic (exact) mass is 214 g/mol. The molecule has 1 amide bonds. The summed E-state index contributed by atoms with van der Waals surface area (Å²) >= 11 is 0. The van der Waals surface area contributed by atoms with E-state index >= 15 is 0 Å². The number of carbonyl (C=O) groups is 1. The molecule has 15 heavy (non-hydrogen) atoms. The number of morpholine rings is 1. The van der Waals surface area contributed by atoms with Gasteiger partial charge in [0.05, 0.1) is 12.7 Å². The first kappa shape index (κ1) is 10.9. The number of likely N-dealkylation sites (tertiary alicyclic amines) is 1. The first-order valence-corrected chi connectivity index (χ1v) is 5.45. The Balaban J connectivity index is 1.85. The van der Waals surface area contributed by atoms with Gasteiger partial charge in [0.15, 0.2) is 0 Å². The Morgan fingerprint density at radius 3 is 3.07 bits per heavy atom. The summed E-state index contributed by atoms with van der Waals surface area (Å²) in [6, 6.07) is 0. The summed E-state index contributed by atoms with van der Waals surface area (Å²) in [6.07, 6.45) is 0.836. The van der Waals surface area contributed by atoms with Crippen LogP contribution in [0.4, 0.5) is 0 Å². The van der Waals surface area contributed by atoms with E-state index in [2.05, 4.69) is 5.32 Å². The molecule has 0 aromatic heterocycles. The lowest BCUT2D eigenvalue weighted by molar-refractivity contribution is -0.144. The Labute approximate surface area is 89.7 Å². The molecule has 0 aromatic carbocycles. The number of carbonyl (C=O) groups excluding carboxylic acids is 1. The summed E-state index contributed by atoms with van der Waals surface area (Å²) in [5.74, 6) is 0.0988. The minimum absolute atomic E-state index is 0.0988. The maximum absolute atomic E-state index is 12.0. The summed E-state index contributed by atoms with van der Waals surface area (Å²) in [6.45, 7) is 3.59. The van der Waals surface area contributed by atoms with Gasteiger partial charge in [-0.15, -0.1) is 0 Å². The largest absolute Gasteiger partial charge is 0.380 e. The van der Waals surface area contributed by atoms with Crippen LogP contribution in [0.3, 0.4) is 0 Å². The lowest BCUT2D eigenvalue weighted by Crippen LogP contribution is -2.49. The summed E-state index contributed by atoms with van der Waals surface area (Å²) < 4.78 is 10.7. The number of amides is 1. The van der Waals surface area contributed by atoms with Gasteiger partial charge in [0, 0.05) is 33.3 Å². The molecule has 2 fully saturated rings. The number of nitrogens with one attached hydrogen (secondary N) is 1. The predicted molar refractivity (Wildman–Crippen MR) is 54.6 cm³/mol. The third-order valence-electron chi connectivity index (χ3n) is 2.99. The van der Waals surface area contributed by atoms with E-state index in [1.807, 2.05) is 4.90 Å². The van der Waals surface area contributed by atoms with Gasteiger partial charge in [0.25, 0.3) is 5.91 Å². The molecule has 2 heterocycles. The Morgan fingerprint density at radius 2 is 2.47 bits per heavy atom. The highest BCUT2D eigenvalue weighted by Gasteiger charge is 2.32. The van der Waals surface area contributed by atoms with Gasteiger partial charge in [-0.1, -0.05) is 0 Å². The number of hydrogen-bond donors (Lipinski definition) is 1. The summed E-state index contributed by atoms with van der Waals surface area (Å²) in [5.41, 5.74) is 0. The molecule has 5 heteroatoms. The van der Waals surface area contributed by atoms with E-state index in [0.29, 0.717) is 19.7 Å². The van der Waals surface area contributed by atoms with E-state index in [9.17, 15) is 4.79 Å². The second kappa shape index (κ2) is 4.92. The molecule has 0 saturated carbocycles. The standard InChI is InChI=1S/C10H18N2O3/c1-14-8-2-4-12(7-8)10(13)9-6-11-3-5-15-9/h8-9,11H,2-7H2,1H3/t8-,9?/m0/s1. The van der Waals surface area contributed by atoms with E-state index in [0.717, 1.165) is 19.5 Å². The van der Waals surface area contributed by atoms with E-state index in [1.165, 1.54) is 0 Å². The third-order valence-corrected chi connectivity index (χ3v) is 2.99. The van der Waals surface area contributed by atoms with Crippen LogP contribution >= 0.6 is 0 Å². The van der Waals surface area contributed by atoms with Crippen molar-refractivity contribution in [3.8, 4) is 0 Å². The molecule has 0 radical (unpaired) electrons. The minimum atomic E-state index is -0.297. The number of rotatable bonds is 2. The third kappa shape index (κ3) is 2.48. The van der Waals surface area contributed by atoms with Gasteiger partial charge in [-0.05, 0) is 6.42 Å². The van der Waals surface area contributed by atoms with Crippen LogP contribution in [-0.2, 0) is 14.3 Å². The Bertz CT molecular complexity index is 229. The van der Waals surface area contributed by atoms with Crippen LogP contribution in [0.1, 0.15) is 6.42 Å². The van der Waals surface area contributed by atoms with Crippen molar-refractivity contribution in [3.05, 3.63) is 0 Å². The molecule has 2 atom stereocenters. The number of ether oxygens (including phenoxy) is 2. The maximum Gasteiger partial charge on any atom is 0.253 e. The molecular weight excluding hydrogens is 196 g/mol. The molecule has 1 N–H and O–H groups in total. The van der Waals surface area contributed by atoms with Crippen molar-refractivity contribution < 1.29 is 14.3 Å². The van der Waals surface area contributed by atoms with Gasteiger partial charge in [0.2, 0.25) is 0 Å². The summed E-state index contributed by atoms with van der Waals surface area (Å²) in [7, 11) is 1.69. The topological polar surface area (TPSA) is 50.8 Å². The van der Waals surface area contributed by atoms with Crippen molar-refractivity contribution in [1.82, 2.24) is 10.2 Å². The normalized spacial score (nSPS) is 31.9. The number of nitrogens with zero attached hydrogens (tertiary/aromatic N) is 1. The van der Waals surface area contributed by atoms with E-state index in [4.69, 9.17) is 9.47 Å². The van der Waals surface area contributed by atoms with E-state index < -0.39 is 0 Å².